The summed E-state index contributed by atoms with van der Waals surface area (Å²) in [6.45, 7) is 15.5. The van der Waals surface area contributed by atoms with Crippen LogP contribution in [-0.2, 0) is 28.6 Å². The van der Waals surface area contributed by atoms with Crippen LogP contribution in [0.15, 0.2) is 12.7 Å². The molecule has 202 valence electrons. The van der Waals surface area contributed by atoms with E-state index in [4.69, 9.17) is 14.2 Å². The number of likely N-dealkylation sites (tertiary alicyclic amines) is 1. The van der Waals surface area contributed by atoms with Gasteiger partial charge in [-0.25, -0.2) is 0 Å². The molecule has 1 spiro atoms. The fourth-order valence-electron chi connectivity index (χ4n) is 6.82. The van der Waals surface area contributed by atoms with E-state index in [0.29, 0.717) is 39.3 Å². The number of amides is 2. The molecule has 3 unspecified atom stereocenters. The molecule has 2 amide bonds. The van der Waals surface area contributed by atoms with Crippen LogP contribution in [0.2, 0.25) is 0 Å². The summed E-state index contributed by atoms with van der Waals surface area (Å²) < 4.78 is 17.5. The van der Waals surface area contributed by atoms with Gasteiger partial charge in [0.2, 0.25) is 11.8 Å². The number of hydrogen-bond acceptors (Lipinski definition) is 8. The zero-order valence-corrected chi connectivity index (χ0v) is 22.0. The molecule has 0 saturated carbocycles. The monoisotopic (exact) mass is 507 g/mol. The van der Waals surface area contributed by atoms with Crippen molar-refractivity contribution >= 4 is 17.8 Å². The highest BCUT2D eigenvalue weighted by Crippen LogP contribution is 2.65. The van der Waals surface area contributed by atoms with Crippen molar-refractivity contribution < 1.29 is 33.7 Å². The second kappa shape index (κ2) is 10.4. The number of ether oxygens (including phenoxy) is 3. The molecule has 1 N–H and O–H groups in total. The maximum Gasteiger partial charge on any atom is 0.312 e. The lowest BCUT2D eigenvalue weighted by molar-refractivity contribution is -0.163. The van der Waals surface area contributed by atoms with E-state index >= 15 is 0 Å². The van der Waals surface area contributed by atoms with Gasteiger partial charge in [-0.1, -0.05) is 13.0 Å². The highest BCUT2D eigenvalue weighted by Gasteiger charge is 2.80. The van der Waals surface area contributed by atoms with Gasteiger partial charge in [0.25, 0.3) is 0 Å². The smallest absolute Gasteiger partial charge is 0.312 e. The van der Waals surface area contributed by atoms with Crippen LogP contribution in [0.5, 0.6) is 0 Å². The number of carbonyl (C=O) groups is 3. The summed E-state index contributed by atoms with van der Waals surface area (Å²) in [6, 6.07) is -1.55. The van der Waals surface area contributed by atoms with Crippen molar-refractivity contribution in [2.45, 2.75) is 57.4 Å². The van der Waals surface area contributed by atoms with Gasteiger partial charge in [0, 0.05) is 32.7 Å². The molecule has 4 rings (SSSR count). The fourth-order valence-corrected chi connectivity index (χ4v) is 6.82. The lowest BCUT2D eigenvalue weighted by atomic mass is 9.62. The van der Waals surface area contributed by atoms with Crippen LogP contribution in [0.4, 0.5) is 0 Å². The molecular weight excluding hydrogens is 466 g/mol. The summed E-state index contributed by atoms with van der Waals surface area (Å²) in [6.07, 6.45) is 2.16. The average Bonchev–Trinajstić information content (AvgIpc) is 3.38. The number of aliphatic hydroxyl groups excluding tert-OH is 1. The van der Waals surface area contributed by atoms with Gasteiger partial charge in [0.05, 0.1) is 44.0 Å². The third-order valence-corrected chi connectivity index (χ3v) is 8.72. The standard InChI is InChI=1S/C26H41N3O7/c1-6-8-28(10-9-27-11-13-34-14-12-27)23(32)21-26-15-17(3)25(5,36-26)20(24(33)35-7-2)19(26)22(31)29(21)18(4)16-30/h6,17-21,30H,1,7-16H2,2-5H3/t17?,18-,19+,20+,21?,25-,26?/m1/s1. The summed E-state index contributed by atoms with van der Waals surface area (Å²) in [5, 5.41) is 10.0. The van der Waals surface area contributed by atoms with Crippen LogP contribution in [0, 0.1) is 17.8 Å². The molecule has 0 radical (unpaired) electrons. The number of rotatable bonds is 10. The van der Waals surface area contributed by atoms with Crippen molar-refractivity contribution in [3.8, 4) is 0 Å². The van der Waals surface area contributed by atoms with E-state index in [-0.39, 0.29) is 30.9 Å². The molecule has 2 bridgehead atoms. The first kappa shape index (κ1) is 27.0. The molecule has 36 heavy (non-hydrogen) atoms. The Morgan fingerprint density at radius 3 is 2.67 bits per heavy atom. The van der Waals surface area contributed by atoms with Crippen LogP contribution < -0.4 is 0 Å². The summed E-state index contributed by atoms with van der Waals surface area (Å²) in [7, 11) is 0. The third-order valence-electron chi connectivity index (χ3n) is 8.72. The first-order valence-electron chi connectivity index (χ1n) is 13.2. The minimum absolute atomic E-state index is 0.0585. The quantitative estimate of drug-likeness (QED) is 0.332. The second-order valence-electron chi connectivity index (χ2n) is 10.8. The predicted molar refractivity (Wildman–Crippen MR) is 131 cm³/mol. The number of carbonyl (C=O) groups excluding carboxylic acids is 3. The summed E-state index contributed by atoms with van der Waals surface area (Å²) in [5.41, 5.74) is -2.06. The van der Waals surface area contributed by atoms with Gasteiger partial charge >= 0.3 is 5.97 Å². The van der Waals surface area contributed by atoms with E-state index in [1.165, 1.54) is 4.90 Å². The maximum absolute atomic E-state index is 14.3. The van der Waals surface area contributed by atoms with Crippen molar-refractivity contribution in [3.05, 3.63) is 12.7 Å². The van der Waals surface area contributed by atoms with Crippen LogP contribution in [0.25, 0.3) is 0 Å². The third kappa shape index (κ3) is 4.15. The molecule has 4 heterocycles. The van der Waals surface area contributed by atoms with Gasteiger partial charge in [-0.15, -0.1) is 6.58 Å². The molecule has 4 aliphatic heterocycles. The van der Waals surface area contributed by atoms with Gasteiger partial charge in [0.1, 0.15) is 17.6 Å². The van der Waals surface area contributed by atoms with Crippen LogP contribution in [0.1, 0.15) is 34.1 Å². The number of esters is 1. The minimum atomic E-state index is -1.15. The molecule has 4 fully saturated rings. The Hall–Kier alpha value is -2.01. The predicted octanol–water partition coefficient (Wildman–Crippen LogP) is 0.288. The second-order valence-corrected chi connectivity index (χ2v) is 10.8. The Morgan fingerprint density at radius 1 is 1.36 bits per heavy atom. The number of fused-ring (bicyclic) bond motifs is 1. The molecule has 10 nitrogen and oxygen atoms in total. The van der Waals surface area contributed by atoms with Gasteiger partial charge in [-0.3, -0.25) is 19.3 Å². The van der Waals surface area contributed by atoms with Crippen LogP contribution in [0.3, 0.4) is 0 Å². The first-order valence-corrected chi connectivity index (χ1v) is 13.2. The summed E-state index contributed by atoms with van der Waals surface area (Å²) in [4.78, 5) is 46.8. The van der Waals surface area contributed by atoms with Crippen LogP contribution in [-0.4, -0.2) is 120 Å². The topological polar surface area (TPSA) is 109 Å². The van der Waals surface area contributed by atoms with Crippen LogP contribution >= 0.6 is 0 Å². The highest BCUT2D eigenvalue weighted by molar-refractivity contribution is 5.98. The normalized spacial score (nSPS) is 36.6. The summed E-state index contributed by atoms with van der Waals surface area (Å²) in [5.74, 6) is -2.72. The SMILES string of the molecule is C=CCN(CCN1CCOCC1)C(=O)C1N([C@H](C)CO)C(=O)[C@@H]2[C@@H](C(=O)OCC)[C@]3(C)OC12CC3C. The number of morpholine rings is 1. The lowest BCUT2D eigenvalue weighted by Gasteiger charge is -2.39. The van der Waals surface area contributed by atoms with Crippen molar-refractivity contribution in [1.82, 2.24) is 14.7 Å². The van der Waals surface area contributed by atoms with E-state index in [1.807, 2.05) is 13.8 Å². The molecule has 4 aliphatic rings. The van der Waals surface area contributed by atoms with Gasteiger partial charge < -0.3 is 29.1 Å². The zero-order chi connectivity index (χ0) is 26.3. The van der Waals surface area contributed by atoms with Crippen molar-refractivity contribution in [1.29, 1.82) is 0 Å². The lowest BCUT2D eigenvalue weighted by Crippen LogP contribution is -2.59. The number of nitrogens with zero attached hydrogens (tertiary/aromatic N) is 3. The number of hydrogen-bond donors (Lipinski definition) is 1. The van der Waals surface area contributed by atoms with E-state index < -0.39 is 41.1 Å². The maximum atomic E-state index is 14.3. The summed E-state index contributed by atoms with van der Waals surface area (Å²) >= 11 is 0. The Kier molecular flexibility index (Phi) is 7.81. The van der Waals surface area contributed by atoms with Gasteiger partial charge in [-0.2, -0.15) is 0 Å². The Labute approximate surface area is 213 Å². The average molecular weight is 508 g/mol. The molecule has 0 aromatic carbocycles. The van der Waals surface area contributed by atoms with Gasteiger partial charge in [0.15, 0.2) is 0 Å². The largest absolute Gasteiger partial charge is 0.466 e. The van der Waals surface area contributed by atoms with Crippen molar-refractivity contribution in [3.63, 3.8) is 0 Å². The molecule has 7 atom stereocenters. The van der Waals surface area contributed by atoms with Crippen molar-refractivity contribution in [2.75, 3.05) is 59.2 Å². The molecule has 0 aromatic rings. The minimum Gasteiger partial charge on any atom is -0.466 e. The van der Waals surface area contributed by atoms with E-state index in [9.17, 15) is 19.5 Å². The Morgan fingerprint density at radius 2 is 2.06 bits per heavy atom. The Bertz CT molecular complexity index is 878. The Balaban J connectivity index is 1.70. The molecule has 4 saturated heterocycles. The molecular formula is C26H41N3O7. The van der Waals surface area contributed by atoms with Gasteiger partial charge in [-0.05, 0) is 33.1 Å². The molecule has 0 aromatic heterocycles. The van der Waals surface area contributed by atoms with E-state index in [2.05, 4.69) is 11.5 Å². The van der Waals surface area contributed by atoms with E-state index in [1.54, 1.807) is 24.8 Å². The molecule has 0 aliphatic carbocycles. The molecule has 10 heteroatoms. The van der Waals surface area contributed by atoms with E-state index in [0.717, 1.165) is 13.1 Å². The first-order chi connectivity index (χ1) is 17.2. The van der Waals surface area contributed by atoms with Crippen molar-refractivity contribution in [2.24, 2.45) is 17.8 Å². The zero-order valence-electron chi connectivity index (χ0n) is 22.0. The fraction of sp³-hybridized carbons (Fsp3) is 0.808. The number of aliphatic hydroxyl groups is 1. The highest BCUT2D eigenvalue weighted by atomic mass is 16.6.